The number of carbonyl (C=O) groups is 1. The van der Waals surface area contributed by atoms with Crippen LogP contribution in [0.1, 0.15) is 5.69 Å². The maximum atomic E-state index is 12.7. The summed E-state index contributed by atoms with van der Waals surface area (Å²) in [5.41, 5.74) is -0.736. The lowest BCUT2D eigenvalue weighted by Gasteiger charge is -2.18. The third-order valence-corrected chi connectivity index (χ3v) is 3.33. The molecule has 1 aromatic carbocycles. The van der Waals surface area contributed by atoms with Gasteiger partial charge in [-0.1, -0.05) is 11.6 Å². The Hall–Kier alpha value is -2.55. The van der Waals surface area contributed by atoms with Gasteiger partial charge < -0.3 is 15.0 Å². The average Bonchev–Trinajstić information content (AvgIpc) is 2.54. The molecule has 0 aliphatic rings. The topological polar surface area (TPSA) is 67.3 Å². The molecule has 134 valence electrons. The molecular weight excluding hydrogens is 361 g/mol. The van der Waals surface area contributed by atoms with Gasteiger partial charge in [-0.2, -0.15) is 13.2 Å². The Balaban J connectivity index is 2.09. The number of aromatic nitrogens is 2. The Bertz CT molecular complexity index is 771. The normalized spacial score (nSPS) is 11.1. The standard InChI is InChI=1S/C15H14ClF3N4O2/c1-23(14-20-6-5-12(22-14)15(17,18)19)8-13(24)21-10-7-9(16)3-4-11(10)25-2/h3-7H,8H2,1-2H3,(H,21,24). The highest BCUT2D eigenvalue weighted by atomic mass is 35.5. The second kappa shape index (κ2) is 7.56. The molecule has 0 saturated heterocycles. The number of alkyl halides is 3. The van der Waals surface area contributed by atoms with Gasteiger partial charge in [-0.05, 0) is 24.3 Å². The Labute approximate surface area is 146 Å². The van der Waals surface area contributed by atoms with E-state index in [0.29, 0.717) is 16.5 Å². The van der Waals surface area contributed by atoms with Gasteiger partial charge in [0.2, 0.25) is 11.9 Å². The lowest BCUT2D eigenvalue weighted by Crippen LogP contribution is -2.31. The van der Waals surface area contributed by atoms with Gasteiger partial charge in [-0.25, -0.2) is 9.97 Å². The van der Waals surface area contributed by atoms with Crippen molar-refractivity contribution in [2.45, 2.75) is 6.18 Å². The molecule has 1 amide bonds. The van der Waals surface area contributed by atoms with E-state index in [9.17, 15) is 18.0 Å². The number of benzene rings is 1. The first kappa shape index (κ1) is 18.8. The quantitative estimate of drug-likeness (QED) is 0.870. The highest BCUT2D eigenvalue weighted by molar-refractivity contribution is 6.31. The number of anilines is 2. The van der Waals surface area contributed by atoms with Gasteiger partial charge in [0.25, 0.3) is 0 Å². The molecule has 0 aliphatic carbocycles. The van der Waals surface area contributed by atoms with Gasteiger partial charge in [0.1, 0.15) is 11.4 Å². The van der Waals surface area contributed by atoms with Crippen molar-refractivity contribution in [3.63, 3.8) is 0 Å². The van der Waals surface area contributed by atoms with Crippen LogP contribution in [0.3, 0.4) is 0 Å². The Kier molecular flexibility index (Phi) is 5.68. The molecule has 0 spiro atoms. The van der Waals surface area contributed by atoms with E-state index in [4.69, 9.17) is 16.3 Å². The monoisotopic (exact) mass is 374 g/mol. The summed E-state index contributed by atoms with van der Waals surface area (Å²) in [4.78, 5) is 20.5. The average molecular weight is 375 g/mol. The van der Waals surface area contributed by atoms with E-state index in [2.05, 4.69) is 15.3 Å². The molecule has 0 aliphatic heterocycles. The largest absolute Gasteiger partial charge is 0.495 e. The minimum Gasteiger partial charge on any atom is -0.495 e. The van der Waals surface area contributed by atoms with Crippen LogP contribution < -0.4 is 15.0 Å². The number of carbonyl (C=O) groups excluding carboxylic acids is 1. The number of methoxy groups -OCH3 is 1. The Morgan fingerprint density at radius 3 is 2.72 bits per heavy atom. The van der Waals surface area contributed by atoms with Crippen molar-refractivity contribution >= 4 is 29.1 Å². The van der Waals surface area contributed by atoms with Crippen LogP contribution in [0, 0.1) is 0 Å². The Morgan fingerprint density at radius 2 is 2.08 bits per heavy atom. The first-order valence-corrected chi connectivity index (χ1v) is 7.33. The maximum absolute atomic E-state index is 12.7. The van der Waals surface area contributed by atoms with E-state index >= 15 is 0 Å². The van der Waals surface area contributed by atoms with E-state index in [0.717, 1.165) is 12.3 Å². The summed E-state index contributed by atoms with van der Waals surface area (Å²) in [5.74, 6) is -0.317. The number of halogens is 4. The van der Waals surface area contributed by atoms with Crippen molar-refractivity contribution in [2.75, 3.05) is 30.9 Å². The summed E-state index contributed by atoms with van der Waals surface area (Å²) in [5, 5.41) is 2.97. The zero-order chi connectivity index (χ0) is 18.6. The van der Waals surface area contributed by atoms with E-state index in [1.54, 1.807) is 12.1 Å². The number of nitrogens with zero attached hydrogens (tertiary/aromatic N) is 3. The SMILES string of the molecule is COc1ccc(Cl)cc1NC(=O)CN(C)c1nccc(C(F)(F)F)n1. The molecule has 0 atom stereocenters. The van der Waals surface area contributed by atoms with Crippen molar-refractivity contribution in [3.05, 3.63) is 41.2 Å². The number of hydrogen-bond donors (Lipinski definition) is 1. The third-order valence-electron chi connectivity index (χ3n) is 3.09. The van der Waals surface area contributed by atoms with E-state index in [1.165, 1.54) is 25.1 Å². The predicted octanol–water partition coefficient (Wildman–Crippen LogP) is 3.23. The molecule has 0 unspecified atom stereocenters. The van der Waals surface area contributed by atoms with Gasteiger partial charge in [0.05, 0.1) is 19.3 Å². The van der Waals surface area contributed by atoms with Gasteiger partial charge in [-0.15, -0.1) is 0 Å². The van der Waals surface area contributed by atoms with Gasteiger partial charge in [-0.3, -0.25) is 4.79 Å². The summed E-state index contributed by atoms with van der Waals surface area (Å²) in [6, 6.07) is 5.43. The van der Waals surface area contributed by atoms with E-state index in [1.807, 2.05) is 0 Å². The van der Waals surface area contributed by atoms with Crippen molar-refractivity contribution in [1.82, 2.24) is 9.97 Å². The molecule has 0 fully saturated rings. The highest BCUT2D eigenvalue weighted by Gasteiger charge is 2.33. The number of rotatable bonds is 5. The molecule has 0 saturated carbocycles. The molecule has 1 aromatic heterocycles. The summed E-state index contributed by atoms with van der Waals surface area (Å²) in [6.07, 6.45) is -3.60. The van der Waals surface area contributed by atoms with Gasteiger partial charge >= 0.3 is 6.18 Å². The predicted molar refractivity (Wildman–Crippen MR) is 86.9 cm³/mol. The van der Waals surface area contributed by atoms with Gasteiger partial charge in [0.15, 0.2) is 0 Å². The van der Waals surface area contributed by atoms with Crippen LogP contribution in [0.2, 0.25) is 5.02 Å². The zero-order valence-corrected chi connectivity index (χ0v) is 14.0. The lowest BCUT2D eigenvalue weighted by molar-refractivity contribution is -0.141. The molecular formula is C15H14ClF3N4O2. The van der Waals surface area contributed by atoms with Crippen LogP contribution in [0.25, 0.3) is 0 Å². The number of likely N-dealkylation sites (N-methyl/N-ethyl adjacent to an activating group) is 1. The first-order chi connectivity index (χ1) is 11.7. The minimum atomic E-state index is -4.59. The fourth-order valence-electron chi connectivity index (χ4n) is 1.94. The minimum absolute atomic E-state index is 0.219. The molecule has 10 heteroatoms. The summed E-state index contributed by atoms with van der Waals surface area (Å²) in [6.45, 7) is -0.267. The molecule has 25 heavy (non-hydrogen) atoms. The van der Waals surface area contributed by atoms with Crippen molar-refractivity contribution in [1.29, 1.82) is 0 Å². The van der Waals surface area contributed by atoms with Crippen LogP contribution in [0.15, 0.2) is 30.5 Å². The molecule has 1 N–H and O–H groups in total. The molecule has 0 radical (unpaired) electrons. The second-order valence-electron chi connectivity index (χ2n) is 4.99. The molecule has 6 nitrogen and oxygen atoms in total. The number of amides is 1. The fraction of sp³-hybridized carbons (Fsp3) is 0.267. The fourth-order valence-corrected chi connectivity index (χ4v) is 2.12. The highest BCUT2D eigenvalue weighted by Crippen LogP contribution is 2.29. The molecule has 0 bridgehead atoms. The van der Waals surface area contributed by atoms with Crippen molar-refractivity contribution < 1.29 is 22.7 Å². The van der Waals surface area contributed by atoms with Crippen LogP contribution in [-0.2, 0) is 11.0 Å². The second-order valence-corrected chi connectivity index (χ2v) is 5.42. The number of nitrogens with one attached hydrogen (secondary N) is 1. The lowest BCUT2D eigenvalue weighted by atomic mass is 10.3. The van der Waals surface area contributed by atoms with Crippen LogP contribution in [-0.4, -0.2) is 36.6 Å². The molecule has 1 heterocycles. The maximum Gasteiger partial charge on any atom is 0.433 e. The van der Waals surface area contributed by atoms with E-state index < -0.39 is 17.8 Å². The number of hydrogen-bond acceptors (Lipinski definition) is 5. The van der Waals surface area contributed by atoms with Crippen LogP contribution in [0.4, 0.5) is 24.8 Å². The molecule has 2 rings (SSSR count). The zero-order valence-electron chi connectivity index (χ0n) is 13.3. The first-order valence-electron chi connectivity index (χ1n) is 6.95. The molecule has 2 aromatic rings. The van der Waals surface area contributed by atoms with Crippen LogP contribution in [0.5, 0.6) is 5.75 Å². The smallest absolute Gasteiger partial charge is 0.433 e. The van der Waals surface area contributed by atoms with Crippen molar-refractivity contribution in [2.24, 2.45) is 0 Å². The van der Waals surface area contributed by atoms with Crippen molar-refractivity contribution in [3.8, 4) is 5.75 Å². The van der Waals surface area contributed by atoms with E-state index in [-0.39, 0.29) is 12.5 Å². The van der Waals surface area contributed by atoms with Crippen LogP contribution >= 0.6 is 11.6 Å². The number of ether oxygens (including phenoxy) is 1. The van der Waals surface area contributed by atoms with Gasteiger partial charge in [0, 0.05) is 18.3 Å². The third kappa shape index (κ3) is 4.96. The summed E-state index contributed by atoms with van der Waals surface area (Å²) < 4.78 is 43.2. The summed E-state index contributed by atoms with van der Waals surface area (Å²) in [7, 11) is 2.84. The Morgan fingerprint density at radius 1 is 1.36 bits per heavy atom. The summed E-state index contributed by atoms with van der Waals surface area (Å²) >= 11 is 5.88.